The molecule has 0 bridgehead atoms. The van der Waals surface area contributed by atoms with Crippen molar-refractivity contribution in [3.8, 4) is 0 Å². The number of para-hydroxylation sites is 1. The topological polar surface area (TPSA) is 69.1 Å². The molecule has 0 saturated carbocycles. The summed E-state index contributed by atoms with van der Waals surface area (Å²) in [5.74, 6) is -1.14. The molecule has 1 unspecified atom stereocenters. The number of carbonyl (C=O) groups is 1. The molecule has 20 heavy (non-hydrogen) atoms. The average molecular weight is 313 g/mol. The van der Waals surface area contributed by atoms with Crippen molar-refractivity contribution in [2.45, 2.75) is 6.04 Å². The van der Waals surface area contributed by atoms with Gasteiger partial charge in [0.1, 0.15) is 5.82 Å². The van der Waals surface area contributed by atoms with E-state index in [0.717, 1.165) is 0 Å². The fraction of sp³-hybridized carbons (Fsp3) is 0.0714. The van der Waals surface area contributed by atoms with Gasteiger partial charge in [-0.05, 0) is 18.2 Å². The molecule has 1 atom stereocenters. The Morgan fingerprint density at radius 1 is 1.10 bits per heavy atom. The predicted octanol–water partition coefficient (Wildman–Crippen LogP) is 3.60. The molecule has 0 fully saturated rings. The van der Waals surface area contributed by atoms with Crippen LogP contribution in [0.4, 0.5) is 10.1 Å². The maximum absolute atomic E-state index is 13.4. The fourth-order valence-corrected chi connectivity index (χ4v) is 2.44. The number of ketones is 1. The molecule has 2 aromatic carbocycles. The smallest absolute Gasteiger partial charge is 0.187 e. The zero-order valence-electron chi connectivity index (χ0n) is 10.2. The summed E-state index contributed by atoms with van der Waals surface area (Å²) in [6, 6.07) is 7.66. The second-order valence-corrected chi connectivity index (χ2v) is 5.00. The van der Waals surface area contributed by atoms with E-state index in [1.807, 2.05) is 0 Å². The highest BCUT2D eigenvalue weighted by atomic mass is 35.5. The van der Waals surface area contributed by atoms with E-state index in [-0.39, 0.29) is 26.9 Å². The second-order valence-electron chi connectivity index (χ2n) is 4.18. The molecule has 104 valence electrons. The third kappa shape index (κ3) is 2.63. The molecule has 0 aliphatic heterocycles. The molecule has 3 nitrogen and oxygen atoms in total. The van der Waals surface area contributed by atoms with E-state index in [2.05, 4.69) is 0 Å². The van der Waals surface area contributed by atoms with Crippen molar-refractivity contribution in [2.75, 3.05) is 5.73 Å². The Kier molecular flexibility index (Phi) is 4.28. The quantitative estimate of drug-likeness (QED) is 0.672. The van der Waals surface area contributed by atoms with Crippen molar-refractivity contribution in [3.05, 3.63) is 63.4 Å². The Hall–Kier alpha value is -1.62. The van der Waals surface area contributed by atoms with Crippen LogP contribution in [-0.2, 0) is 0 Å². The number of nitrogens with two attached hydrogens (primary N) is 2. The van der Waals surface area contributed by atoms with Gasteiger partial charge in [0.15, 0.2) is 5.78 Å². The first kappa shape index (κ1) is 14.8. The van der Waals surface area contributed by atoms with Gasteiger partial charge in [0.05, 0.1) is 27.3 Å². The molecule has 0 aliphatic rings. The molecule has 2 rings (SSSR count). The maximum Gasteiger partial charge on any atom is 0.187 e. The standard InChI is InChI=1S/C14H11Cl2FN2O/c15-8-4-2-5-9(16)11(8)14(20)13(19)7-3-1-6-10(17)12(7)18/h1-6,13H,18-19H2. The molecule has 0 radical (unpaired) electrons. The Morgan fingerprint density at radius 2 is 1.65 bits per heavy atom. The Morgan fingerprint density at radius 3 is 2.25 bits per heavy atom. The van der Waals surface area contributed by atoms with Gasteiger partial charge in [0.2, 0.25) is 0 Å². The molecule has 6 heteroatoms. The minimum atomic E-state index is -1.14. The highest BCUT2D eigenvalue weighted by molar-refractivity contribution is 6.40. The molecular formula is C14H11Cl2FN2O. The van der Waals surface area contributed by atoms with Crippen molar-refractivity contribution in [1.82, 2.24) is 0 Å². The lowest BCUT2D eigenvalue weighted by molar-refractivity contribution is 0.0962. The van der Waals surface area contributed by atoms with Crippen LogP contribution in [0.15, 0.2) is 36.4 Å². The van der Waals surface area contributed by atoms with Crippen LogP contribution >= 0.6 is 23.2 Å². The van der Waals surface area contributed by atoms with Gasteiger partial charge in [-0.1, -0.05) is 41.4 Å². The van der Waals surface area contributed by atoms with Crippen LogP contribution in [0, 0.1) is 5.82 Å². The van der Waals surface area contributed by atoms with Gasteiger partial charge in [0.25, 0.3) is 0 Å². The predicted molar refractivity (Wildman–Crippen MR) is 78.5 cm³/mol. The minimum absolute atomic E-state index is 0.104. The van der Waals surface area contributed by atoms with Gasteiger partial charge < -0.3 is 11.5 Å². The summed E-state index contributed by atoms with van der Waals surface area (Å²) in [6.07, 6.45) is 0. The molecule has 0 aromatic heterocycles. The zero-order valence-corrected chi connectivity index (χ0v) is 11.8. The summed E-state index contributed by atoms with van der Waals surface area (Å²) < 4.78 is 13.4. The van der Waals surface area contributed by atoms with E-state index >= 15 is 0 Å². The number of nitrogen functional groups attached to an aromatic ring is 1. The van der Waals surface area contributed by atoms with E-state index in [0.29, 0.717) is 0 Å². The second kappa shape index (κ2) is 5.79. The SMILES string of the molecule is Nc1c(F)cccc1C(N)C(=O)c1c(Cl)cccc1Cl. The van der Waals surface area contributed by atoms with E-state index in [1.54, 1.807) is 6.07 Å². The number of benzene rings is 2. The number of anilines is 1. The molecule has 0 spiro atoms. The van der Waals surface area contributed by atoms with Crippen molar-refractivity contribution in [3.63, 3.8) is 0 Å². The molecule has 0 amide bonds. The third-order valence-electron chi connectivity index (χ3n) is 2.91. The minimum Gasteiger partial charge on any atom is -0.396 e. The first-order valence-electron chi connectivity index (χ1n) is 5.71. The molecule has 4 N–H and O–H groups in total. The lowest BCUT2D eigenvalue weighted by atomic mass is 9.96. The summed E-state index contributed by atoms with van der Waals surface area (Å²) >= 11 is 11.9. The Bertz CT molecular complexity index is 656. The monoisotopic (exact) mass is 312 g/mol. The first-order valence-corrected chi connectivity index (χ1v) is 6.46. The van der Waals surface area contributed by atoms with Gasteiger partial charge in [-0.15, -0.1) is 0 Å². The first-order chi connectivity index (χ1) is 9.43. The lowest BCUT2D eigenvalue weighted by Gasteiger charge is -2.15. The summed E-state index contributed by atoms with van der Waals surface area (Å²) in [6.45, 7) is 0. The fourth-order valence-electron chi connectivity index (χ4n) is 1.85. The van der Waals surface area contributed by atoms with Crippen molar-refractivity contribution < 1.29 is 9.18 Å². The van der Waals surface area contributed by atoms with Crippen LogP contribution in [0.25, 0.3) is 0 Å². The summed E-state index contributed by atoms with van der Waals surface area (Å²) in [7, 11) is 0. The third-order valence-corrected chi connectivity index (χ3v) is 3.54. The molecule has 0 aliphatic carbocycles. The van der Waals surface area contributed by atoms with Gasteiger partial charge in [-0.3, -0.25) is 4.79 Å². The Balaban J connectivity index is 2.46. The maximum atomic E-state index is 13.4. The van der Waals surface area contributed by atoms with E-state index in [4.69, 9.17) is 34.7 Å². The number of Topliss-reactive ketones (excluding diaryl/α,β-unsaturated/α-hetero) is 1. The number of carbonyl (C=O) groups excluding carboxylic acids is 1. The molecule has 0 heterocycles. The largest absolute Gasteiger partial charge is 0.396 e. The van der Waals surface area contributed by atoms with Crippen LogP contribution in [0.5, 0.6) is 0 Å². The molecule has 0 saturated heterocycles. The number of halogens is 3. The molecular weight excluding hydrogens is 302 g/mol. The summed E-state index contributed by atoms with van der Waals surface area (Å²) in [4.78, 5) is 12.4. The van der Waals surface area contributed by atoms with Crippen LogP contribution in [0.3, 0.4) is 0 Å². The highest BCUT2D eigenvalue weighted by Crippen LogP contribution is 2.30. The normalized spacial score (nSPS) is 12.2. The van der Waals surface area contributed by atoms with E-state index in [9.17, 15) is 9.18 Å². The van der Waals surface area contributed by atoms with Gasteiger partial charge >= 0.3 is 0 Å². The molecule has 2 aromatic rings. The summed E-state index contributed by atoms with van der Waals surface area (Å²) in [5.41, 5.74) is 11.6. The Labute approximate surface area is 125 Å². The van der Waals surface area contributed by atoms with Crippen molar-refractivity contribution in [1.29, 1.82) is 0 Å². The average Bonchev–Trinajstić information content (AvgIpc) is 2.41. The number of rotatable bonds is 3. The summed E-state index contributed by atoms with van der Waals surface area (Å²) in [5, 5.41) is 0.376. The number of hydrogen-bond acceptors (Lipinski definition) is 3. The number of hydrogen-bond donors (Lipinski definition) is 2. The van der Waals surface area contributed by atoms with Gasteiger partial charge in [-0.2, -0.15) is 0 Å². The van der Waals surface area contributed by atoms with Gasteiger partial charge in [-0.25, -0.2) is 4.39 Å². The van der Waals surface area contributed by atoms with E-state index < -0.39 is 17.6 Å². The van der Waals surface area contributed by atoms with Crippen LogP contribution in [-0.4, -0.2) is 5.78 Å². The zero-order chi connectivity index (χ0) is 14.9. The van der Waals surface area contributed by atoms with Crippen LogP contribution < -0.4 is 11.5 Å². The van der Waals surface area contributed by atoms with Crippen LogP contribution in [0.2, 0.25) is 10.0 Å². The van der Waals surface area contributed by atoms with E-state index in [1.165, 1.54) is 30.3 Å². The van der Waals surface area contributed by atoms with Gasteiger partial charge in [0, 0.05) is 5.56 Å². The van der Waals surface area contributed by atoms with Crippen molar-refractivity contribution in [2.24, 2.45) is 5.73 Å². The van der Waals surface area contributed by atoms with Crippen molar-refractivity contribution >= 4 is 34.7 Å². The highest BCUT2D eigenvalue weighted by Gasteiger charge is 2.24. The lowest BCUT2D eigenvalue weighted by Crippen LogP contribution is -2.23. The van der Waals surface area contributed by atoms with Crippen LogP contribution in [0.1, 0.15) is 22.0 Å².